The van der Waals surface area contributed by atoms with Crippen LogP contribution in [0.5, 0.6) is 0 Å². The first-order valence-corrected chi connectivity index (χ1v) is 5.38. The summed E-state index contributed by atoms with van der Waals surface area (Å²) in [4.78, 5) is 3.27. The number of hydrogen-bond donors (Lipinski definition) is 1. The van der Waals surface area contributed by atoms with Crippen LogP contribution in [0.25, 0.3) is 0 Å². The highest BCUT2D eigenvalue weighted by atomic mass is 32.2. The largest absolute Gasteiger partial charge is 0.357 e. The Kier molecular flexibility index (Phi) is 3.35. The molecule has 0 saturated heterocycles. The zero-order valence-electron chi connectivity index (χ0n) is 7.60. The lowest BCUT2D eigenvalue weighted by Crippen LogP contribution is -1.91. The molecule has 0 aliphatic rings. The molecule has 0 unspecified atom stereocenters. The third-order valence-corrected chi connectivity index (χ3v) is 3.11. The van der Waals surface area contributed by atoms with Gasteiger partial charge in [-0.1, -0.05) is 19.1 Å². The minimum absolute atomic E-state index is 0.966. The van der Waals surface area contributed by atoms with E-state index in [4.69, 9.17) is 12.2 Å². The number of hydrogen-bond acceptors (Lipinski definition) is 2. The van der Waals surface area contributed by atoms with Crippen molar-refractivity contribution in [3.05, 3.63) is 23.0 Å². The van der Waals surface area contributed by atoms with Crippen LogP contribution in [0.2, 0.25) is 0 Å². The summed E-state index contributed by atoms with van der Waals surface area (Å²) in [5, 5.41) is 0. The van der Waals surface area contributed by atoms with Crippen LogP contribution in [0.15, 0.2) is 6.07 Å². The van der Waals surface area contributed by atoms with Crippen molar-refractivity contribution in [3.8, 4) is 0 Å². The molecule has 12 heavy (non-hydrogen) atoms. The van der Waals surface area contributed by atoms with Crippen LogP contribution in [0.3, 0.4) is 0 Å². The van der Waals surface area contributed by atoms with E-state index in [1.54, 1.807) is 11.8 Å². The molecule has 0 aromatic carbocycles. The van der Waals surface area contributed by atoms with E-state index in [-0.39, 0.29) is 0 Å². The van der Waals surface area contributed by atoms with Gasteiger partial charge in [0.2, 0.25) is 0 Å². The molecule has 0 aliphatic carbocycles. The molecule has 1 rings (SSSR count). The maximum absolute atomic E-state index is 5.22. The first kappa shape index (κ1) is 9.81. The topological polar surface area (TPSA) is 15.8 Å². The van der Waals surface area contributed by atoms with Gasteiger partial charge in [0, 0.05) is 5.69 Å². The number of H-pyrrole nitrogens is 1. The average molecular weight is 199 g/mol. The van der Waals surface area contributed by atoms with Crippen LogP contribution in [-0.4, -0.2) is 14.9 Å². The van der Waals surface area contributed by atoms with Crippen molar-refractivity contribution in [3.63, 3.8) is 0 Å². The maximum Gasteiger partial charge on any atom is 0.0941 e. The van der Waals surface area contributed by atoms with Crippen molar-refractivity contribution in [2.45, 2.75) is 20.8 Å². The standard InChI is InChI=1S/C9H13NS2/c1-4-12-9(11)8-5-6(2)7(3)10-8/h5,10H,4H2,1-3H3. The predicted octanol–water partition coefficient (Wildman–Crippen LogP) is 3.06. The minimum Gasteiger partial charge on any atom is -0.357 e. The molecule has 0 bridgehead atoms. The molecule has 0 aliphatic heterocycles. The number of thioether (sulfide) groups is 1. The fourth-order valence-corrected chi connectivity index (χ4v) is 1.97. The molecule has 1 nitrogen and oxygen atoms in total. The van der Waals surface area contributed by atoms with Crippen LogP contribution in [0.1, 0.15) is 23.9 Å². The summed E-state index contributed by atoms with van der Waals surface area (Å²) in [5.74, 6) is 1.04. The summed E-state index contributed by atoms with van der Waals surface area (Å²) in [6.07, 6.45) is 0. The number of aromatic amines is 1. The van der Waals surface area contributed by atoms with Crippen LogP contribution in [0, 0.1) is 13.8 Å². The van der Waals surface area contributed by atoms with E-state index >= 15 is 0 Å². The van der Waals surface area contributed by atoms with E-state index in [0.717, 1.165) is 15.6 Å². The molecule has 0 atom stereocenters. The van der Waals surface area contributed by atoms with Gasteiger partial charge in [0.25, 0.3) is 0 Å². The molecular weight excluding hydrogens is 186 g/mol. The average Bonchev–Trinajstić information content (AvgIpc) is 2.33. The summed E-state index contributed by atoms with van der Waals surface area (Å²) < 4.78 is 0.966. The van der Waals surface area contributed by atoms with Crippen molar-refractivity contribution in [1.29, 1.82) is 0 Å². The number of rotatable bonds is 2. The molecule has 0 fully saturated rings. The lowest BCUT2D eigenvalue weighted by atomic mass is 10.3. The van der Waals surface area contributed by atoms with Gasteiger partial charge < -0.3 is 4.98 Å². The first-order valence-electron chi connectivity index (χ1n) is 3.98. The zero-order valence-corrected chi connectivity index (χ0v) is 9.23. The van der Waals surface area contributed by atoms with Gasteiger partial charge >= 0.3 is 0 Å². The van der Waals surface area contributed by atoms with Gasteiger partial charge in [-0.15, -0.1) is 11.8 Å². The molecular formula is C9H13NS2. The van der Waals surface area contributed by atoms with E-state index in [9.17, 15) is 0 Å². The van der Waals surface area contributed by atoms with Crippen LogP contribution < -0.4 is 0 Å². The molecule has 0 radical (unpaired) electrons. The van der Waals surface area contributed by atoms with Crippen molar-refractivity contribution in [2.24, 2.45) is 0 Å². The minimum atomic E-state index is 0.966. The predicted molar refractivity (Wildman–Crippen MR) is 60.1 cm³/mol. The Bertz CT molecular complexity index is 269. The van der Waals surface area contributed by atoms with Crippen molar-refractivity contribution in [1.82, 2.24) is 4.98 Å². The lowest BCUT2D eigenvalue weighted by Gasteiger charge is -1.96. The van der Waals surface area contributed by atoms with E-state index in [1.807, 2.05) is 0 Å². The number of thiocarbonyl (C=S) groups is 1. The second kappa shape index (κ2) is 4.10. The third kappa shape index (κ3) is 2.11. The van der Waals surface area contributed by atoms with Crippen molar-refractivity contribution >= 4 is 28.2 Å². The Hall–Kier alpha value is -0.280. The molecule has 1 N–H and O–H groups in total. The van der Waals surface area contributed by atoms with Gasteiger partial charge in [-0.05, 0) is 31.2 Å². The molecule has 0 spiro atoms. The summed E-state index contributed by atoms with van der Waals surface area (Å²) in [6.45, 7) is 6.27. The van der Waals surface area contributed by atoms with E-state index < -0.39 is 0 Å². The van der Waals surface area contributed by atoms with Gasteiger partial charge in [0.05, 0.1) is 9.89 Å². The smallest absolute Gasteiger partial charge is 0.0941 e. The van der Waals surface area contributed by atoms with Crippen molar-refractivity contribution < 1.29 is 0 Å². The monoisotopic (exact) mass is 199 g/mol. The molecule has 3 heteroatoms. The van der Waals surface area contributed by atoms with E-state index in [1.165, 1.54) is 11.3 Å². The fraction of sp³-hybridized carbons (Fsp3) is 0.444. The van der Waals surface area contributed by atoms with Gasteiger partial charge in [-0.2, -0.15) is 0 Å². The summed E-state index contributed by atoms with van der Waals surface area (Å²) in [6, 6.07) is 2.11. The quantitative estimate of drug-likeness (QED) is 0.737. The summed E-state index contributed by atoms with van der Waals surface area (Å²) in [7, 11) is 0. The molecule has 1 aromatic heterocycles. The summed E-state index contributed by atoms with van der Waals surface area (Å²) in [5.41, 5.74) is 3.58. The molecule has 66 valence electrons. The SMILES string of the molecule is CCSC(=S)c1cc(C)c(C)[nH]1. The normalized spacial score (nSPS) is 10.2. The van der Waals surface area contributed by atoms with Gasteiger partial charge in [0.15, 0.2) is 0 Å². The Morgan fingerprint density at radius 1 is 1.58 bits per heavy atom. The van der Waals surface area contributed by atoms with Gasteiger partial charge in [-0.3, -0.25) is 0 Å². The third-order valence-electron chi connectivity index (χ3n) is 1.77. The van der Waals surface area contributed by atoms with Gasteiger partial charge in [0.1, 0.15) is 0 Å². The first-order chi connectivity index (χ1) is 5.65. The second-order valence-corrected chi connectivity index (χ2v) is 4.65. The Labute approximate surface area is 82.9 Å². The van der Waals surface area contributed by atoms with Crippen LogP contribution in [-0.2, 0) is 0 Å². The summed E-state index contributed by atoms with van der Waals surface area (Å²) >= 11 is 6.93. The Morgan fingerprint density at radius 2 is 2.25 bits per heavy atom. The van der Waals surface area contributed by atoms with Gasteiger partial charge in [-0.25, -0.2) is 0 Å². The second-order valence-electron chi connectivity index (χ2n) is 2.71. The zero-order chi connectivity index (χ0) is 9.14. The number of nitrogens with one attached hydrogen (secondary N) is 1. The highest BCUT2D eigenvalue weighted by molar-refractivity contribution is 8.23. The molecule has 1 heterocycles. The number of aromatic nitrogens is 1. The fourth-order valence-electron chi connectivity index (χ4n) is 0.980. The number of aryl methyl sites for hydroxylation is 2. The maximum atomic E-state index is 5.22. The van der Waals surface area contributed by atoms with E-state index in [2.05, 4.69) is 31.8 Å². The van der Waals surface area contributed by atoms with Crippen molar-refractivity contribution in [2.75, 3.05) is 5.75 Å². The van der Waals surface area contributed by atoms with E-state index in [0.29, 0.717) is 0 Å². The Balaban J connectivity index is 2.82. The molecule has 1 aromatic rings. The highest BCUT2D eigenvalue weighted by Gasteiger charge is 2.04. The Morgan fingerprint density at radius 3 is 2.67 bits per heavy atom. The van der Waals surface area contributed by atoms with Crippen LogP contribution >= 0.6 is 24.0 Å². The van der Waals surface area contributed by atoms with Crippen LogP contribution in [0.4, 0.5) is 0 Å². The highest BCUT2D eigenvalue weighted by Crippen LogP contribution is 2.15. The molecule has 0 amide bonds. The molecule has 0 saturated carbocycles. The lowest BCUT2D eigenvalue weighted by molar-refractivity contribution is 1.22.